The van der Waals surface area contributed by atoms with Crippen LogP contribution in [0.2, 0.25) is 0 Å². The fourth-order valence-electron chi connectivity index (χ4n) is 3.19. The summed E-state index contributed by atoms with van der Waals surface area (Å²) in [5.74, 6) is -0.126. The molecule has 0 radical (unpaired) electrons. The molecule has 1 heterocycles. The van der Waals surface area contributed by atoms with Gasteiger partial charge in [0.25, 0.3) is 0 Å². The molecule has 2 rings (SSSR count). The molecule has 0 unspecified atom stereocenters. The van der Waals surface area contributed by atoms with Crippen LogP contribution in [0.5, 0.6) is 0 Å². The molecule has 1 aromatic heterocycles. The lowest BCUT2D eigenvalue weighted by molar-refractivity contribution is -0.143. The maximum absolute atomic E-state index is 11.4. The van der Waals surface area contributed by atoms with Crippen molar-refractivity contribution in [3.8, 4) is 0 Å². The highest BCUT2D eigenvalue weighted by molar-refractivity contribution is 7.12. The van der Waals surface area contributed by atoms with E-state index in [1.54, 1.807) is 0 Å². The van der Waals surface area contributed by atoms with E-state index in [-0.39, 0.29) is 5.97 Å². The van der Waals surface area contributed by atoms with Gasteiger partial charge < -0.3 is 10.1 Å². The van der Waals surface area contributed by atoms with Crippen molar-refractivity contribution in [2.75, 3.05) is 11.9 Å². The van der Waals surface area contributed by atoms with Gasteiger partial charge in [-0.25, -0.2) is 0 Å². The zero-order valence-electron chi connectivity index (χ0n) is 17.5. The lowest BCUT2D eigenvalue weighted by atomic mass is 10.1. The molecular formula is C24H35NO2S. The maximum Gasteiger partial charge on any atom is 0.306 e. The normalized spacial score (nSPS) is 10.8. The second-order valence-electron chi connectivity index (χ2n) is 7.24. The third kappa shape index (κ3) is 8.92. The van der Waals surface area contributed by atoms with Crippen molar-refractivity contribution in [2.45, 2.75) is 78.2 Å². The quantitative estimate of drug-likeness (QED) is 0.281. The van der Waals surface area contributed by atoms with Crippen molar-refractivity contribution in [2.24, 2.45) is 0 Å². The Hall–Kier alpha value is -1.81. The van der Waals surface area contributed by atoms with Gasteiger partial charge >= 0.3 is 5.97 Å². The summed E-state index contributed by atoms with van der Waals surface area (Å²) >= 11 is 1.93. The molecular weight excluding hydrogens is 366 g/mol. The molecule has 2 aromatic rings. The minimum absolute atomic E-state index is 0.126. The summed E-state index contributed by atoms with van der Waals surface area (Å²) in [7, 11) is 0. The predicted molar refractivity (Wildman–Crippen MR) is 120 cm³/mol. The largest absolute Gasteiger partial charge is 0.466 e. The summed E-state index contributed by atoms with van der Waals surface area (Å²) < 4.78 is 4.97. The molecule has 0 saturated heterocycles. The number of thiophene rings is 1. The molecule has 0 atom stereocenters. The second-order valence-corrected chi connectivity index (χ2v) is 8.49. The van der Waals surface area contributed by atoms with E-state index in [9.17, 15) is 4.79 Å². The fourth-order valence-corrected chi connectivity index (χ4v) is 4.19. The highest BCUT2D eigenvalue weighted by Crippen LogP contribution is 2.21. The smallest absolute Gasteiger partial charge is 0.306 e. The molecule has 0 aliphatic heterocycles. The van der Waals surface area contributed by atoms with Crippen molar-refractivity contribution >= 4 is 23.0 Å². The standard InChI is InChI=1S/C24H35NO2S/c1-3-5-6-7-8-9-10-22-16-17-23(28-22)19-25-21-14-11-20(12-15-21)13-18-24(26)27-4-2/h11-12,14-17,25H,3-10,13,18-19H2,1-2H3. The SMILES string of the molecule is CCCCCCCCc1ccc(CNc2ccc(CCC(=O)OCC)cc2)s1. The van der Waals surface area contributed by atoms with Crippen LogP contribution in [-0.4, -0.2) is 12.6 Å². The van der Waals surface area contributed by atoms with Crippen molar-refractivity contribution in [3.63, 3.8) is 0 Å². The Bertz CT molecular complexity index is 678. The molecule has 0 saturated carbocycles. The minimum atomic E-state index is -0.126. The van der Waals surface area contributed by atoms with E-state index >= 15 is 0 Å². The van der Waals surface area contributed by atoms with E-state index in [0.29, 0.717) is 13.0 Å². The monoisotopic (exact) mass is 401 g/mol. The zero-order chi connectivity index (χ0) is 20.0. The van der Waals surface area contributed by atoms with E-state index in [2.05, 4.69) is 48.6 Å². The third-order valence-corrected chi connectivity index (χ3v) is 5.98. The number of hydrogen-bond acceptors (Lipinski definition) is 4. The topological polar surface area (TPSA) is 38.3 Å². The highest BCUT2D eigenvalue weighted by Gasteiger charge is 2.04. The van der Waals surface area contributed by atoms with Crippen LogP contribution in [0, 0.1) is 0 Å². The lowest BCUT2D eigenvalue weighted by Crippen LogP contribution is -2.05. The first-order valence-electron chi connectivity index (χ1n) is 10.8. The minimum Gasteiger partial charge on any atom is -0.466 e. The van der Waals surface area contributed by atoms with Gasteiger partial charge in [-0.1, -0.05) is 51.2 Å². The van der Waals surface area contributed by atoms with E-state index < -0.39 is 0 Å². The molecule has 1 N–H and O–H groups in total. The summed E-state index contributed by atoms with van der Waals surface area (Å²) in [4.78, 5) is 14.3. The van der Waals surface area contributed by atoms with Crippen LogP contribution in [0.15, 0.2) is 36.4 Å². The number of esters is 1. The number of ether oxygens (including phenoxy) is 1. The van der Waals surface area contributed by atoms with E-state index in [0.717, 1.165) is 24.2 Å². The van der Waals surface area contributed by atoms with Gasteiger partial charge in [-0.15, -0.1) is 11.3 Å². The Labute approximate surface area is 174 Å². The van der Waals surface area contributed by atoms with Gasteiger partial charge in [0, 0.05) is 28.4 Å². The highest BCUT2D eigenvalue weighted by atomic mass is 32.1. The van der Waals surface area contributed by atoms with Gasteiger partial charge in [0.1, 0.15) is 0 Å². The van der Waals surface area contributed by atoms with Crippen LogP contribution < -0.4 is 5.32 Å². The van der Waals surface area contributed by atoms with Crippen molar-refractivity contribution in [1.82, 2.24) is 0 Å². The maximum atomic E-state index is 11.4. The second kappa shape index (κ2) is 13.4. The first-order valence-corrected chi connectivity index (χ1v) is 11.6. The molecule has 0 fully saturated rings. The summed E-state index contributed by atoms with van der Waals surface area (Å²) in [5, 5.41) is 3.50. The Balaban J connectivity index is 1.66. The number of carbonyl (C=O) groups is 1. The molecule has 1 aromatic carbocycles. The number of carbonyl (C=O) groups excluding carboxylic acids is 1. The number of rotatable bonds is 14. The first-order chi connectivity index (χ1) is 13.7. The summed E-state index contributed by atoms with van der Waals surface area (Å²) in [6.07, 6.45) is 10.5. The lowest BCUT2D eigenvalue weighted by Gasteiger charge is -2.07. The summed E-state index contributed by atoms with van der Waals surface area (Å²) in [6.45, 7) is 5.42. The van der Waals surface area contributed by atoms with E-state index in [1.807, 2.05) is 18.3 Å². The summed E-state index contributed by atoms with van der Waals surface area (Å²) in [5.41, 5.74) is 2.28. The molecule has 0 spiro atoms. The van der Waals surface area contributed by atoms with Crippen LogP contribution in [0.3, 0.4) is 0 Å². The molecule has 0 bridgehead atoms. The molecule has 0 aliphatic rings. The van der Waals surface area contributed by atoms with Crippen LogP contribution in [0.1, 0.15) is 74.1 Å². The van der Waals surface area contributed by atoms with Crippen LogP contribution in [0.25, 0.3) is 0 Å². The Kier molecular flexibility index (Phi) is 10.7. The molecule has 4 heteroatoms. The number of unbranched alkanes of at least 4 members (excludes halogenated alkanes) is 5. The average molecular weight is 402 g/mol. The van der Waals surface area contributed by atoms with Gasteiger partial charge in [0.2, 0.25) is 0 Å². The Morgan fingerprint density at radius 3 is 2.36 bits per heavy atom. The van der Waals surface area contributed by atoms with Crippen LogP contribution >= 0.6 is 11.3 Å². The van der Waals surface area contributed by atoms with Gasteiger partial charge in [0.05, 0.1) is 6.61 Å². The number of nitrogens with one attached hydrogen (secondary N) is 1. The molecule has 0 aliphatic carbocycles. The van der Waals surface area contributed by atoms with Gasteiger partial charge in [0.15, 0.2) is 0 Å². The predicted octanol–water partition coefficient (Wildman–Crippen LogP) is 6.76. The third-order valence-electron chi connectivity index (χ3n) is 4.84. The molecule has 28 heavy (non-hydrogen) atoms. The average Bonchev–Trinajstić information content (AvgIpc) is 3.16. The van der Waals surface area contributed by atoms with Crippen molar-refractivity contribution in [1.29, 1.82) is 0 Å². The first kappa shape index (κ1) is 22.5. The number of aryl methyl sites for hydroxylation is 2. The number of hydrogen-bond donors (Lipinski definition) is 1. The number of benzene rings is 1. The Morgan fingerprint density at radius 1 is 0.893 bits per heavy atom. The zero-order valence-corrected chi connectivity index (χ0v) is 18.3. The molecule has 3 nitrogen and oxygen atoms in total. The van der Waals surface area contributed by atoms with E-state index in [1.165, 1.54) is 54.7 Å². The number of anilines is 1. The van der Waals surface area contributed by atoms with Gasteiger partial charge in [-0.05, 0) is 56.0 Å². The van der Waals surface area contributed by atoms with Crippen molar-refractivity contribution in [3.05, 3.63) is 51.7 Å². The summed E-state index contributed by atoms with van der Waals surface area (Å²) in [6, 6.07) is 12.9. The fraction of sp³-hybridized carbons (Fsp3) is 0.542. The Morgan fingerprint density at radius 2 is 1.61 bits per heavy atom. The molecule has 154 valence electrons. The molecule has 0 amide bonds. The van der Waals surface area contributed by atoms with Crippen LogP contribution in [-0.2, 0) is 28.9 Å². The van der Waals surface area contributed by atoms with Gasteiger partial charge in [-0.3, -0.25) is 4.79 Å². The van der Waals surface area contributed by atoms with Crippen LogP contribution in [0.4, 0.5) is 5.69 Å². The van der Waals surface area contributed by atoms with Crippen molar-refractivity contribution < 1.29 is 9.53 Å². The van der Waals surface area contributed by atoms with E-state index in [4.69, 9.17) is 4.74 Å². The van der Waals surface area contributed by atoms with Gasteiger partial charge in [-0.2, -0.15) is 0 Å².